The zero-order valence-corrected chi connectivity index (χ0v) is 12.9. The summed E-state index contributed by atoms with van der Waals surface area (Å²) in [6.07, 6.45) is 1.06. The highest BCUT2D eigenvalue weighted by Gasteiger charge is 2.25. The smallest absolute Gasteiger partial charge is 0.217 e. The van der Waals surface area contributed by atoms with E-state index in [1.165, 1.54) is 5.56 Å². The van der Waals surface area contributed by atoms with Gasteiger partial charge in [-0.2, -0.15) is 0 Å². The Morgan fingerprint density at radius 2 is 2.21 bits per heavy atom. The summed E-state index contributed by atoms with van der Waals surface area (Å²) in [4.78, 5) is 13.5. The first kappa shape index (κ1) is 14.5. The maximum Gasteiger partial charge on any atom is 0.217 e. The van der Waals surface area contributed by atoms with Crippen LogP contribution in [0.1, 0.15) is 24.8 Å². The maximum atomic E-state index is 11.1. The fraction of sp³-hybridized carbons (Fsp3) is 0.533. The summed E-state index contributed by atoms with van der Waals surface area (Å²) in [7, 11) is 0. The van der Waals surface area contributed by atoms with Crippen LogP contribution in [0.2, 0.25) is 0 Å². The topological polar surface area (TPSA) is 32.3 Å². The predicted molar refractivity (Wildman–Crippen MR) is 81.6 cm³/mol. The first-order chi connectivity index (χ1) is 9.19. The lowest BCUT2D eigenvalue weighted by Gasteiger charge is -2.22. The Morgan fingerprint density at radius 3 is 2.84 bits per heavy atom. The zero-order valence-electron chi connectivity index (χ0n) is 11.3. The van der Waals surface area contributed by atoms with Crippen molar-refractivity contribution in [3.05, 3.63) is 35.9 Å². The van der Waals surface area contributed by atoms with E-state index in [2.05, 4.69) is 56.5 Å². The average Bonchev–Trinajstić information content (AvgIpc) is 2.83. The number of alkyl halides is 1. The number of likely N-dealkylation sites (tertiary alicyclic amines) is 1. The molecule has 2 atom stereocenters. The Labute approximate surface area is 123 Å². The Morgan fingerprint density at radius 1 is 1.47 bits per heavy atom. The third kappa shape index (κ3) is 4.32. The van der Waals surface area contributed by atoms with Crippen LogP contribution in [0.3, 0.4) is 0 Å². The molecule has 1 saturated heterocycles. The number of carbonyl (C=O) groups is 1. The number of benzene rings is 1. The summed E-state index contributed by atoms with van der Waals surface area (Å²) >= 11 is 3.62. The molecule has 0 aromatic heterocycles. The van der Waals surface area contributed by atoms with Gasteiger partial charge >= 0.3 is 0 Å². The molecule has 0 spiro atoms. The quantitative estimate of drug-likeness (QED) is 0.843. The Kier molecular flexibility index (Phi) is 5.40. The second-order valence-electron chi connectivity index (χ2n) is 5.21. The molecule has 19 heavy (non-hydrogen) atoms. The van der Waals surface area contributed by atoms with E-state index in [4.69, 9.17) is 0 Å². The normalized spacial score (nSPS) is 21.3. The van der Waals surface area contributed by atoms with Crippen molar-refractivity contribution in [1.29, 1.82) is 0 Å². The number of amides is 1. The number of hydrogen-bond acceptors (Lipinski definition) is 2. The monoisotopic (exact) mass is 324 g/mol. The van der Waals surface area contributed by atoms with E-state index in [0.717, 1.165) is 31.4 Å². The van der Waals surface area contributed by atoms with Crippen molar-refractivity contribution in [3.63, 3.8) is 0 Å². The van der Waals surface area contributed by atoms with Gasteiger partial charge in [0.25, 0.3) is 0 Å². The molecule has 1 aromatic rings. The van der Waals surface area contributed by atoms with Crippen LogP contribution in [0.5, 0.6) is 0 Å². The molecule has 104 valence electrons. The third-order valence-electron chi connectivity index (χ3n) is 3.62. The highest BCUT2D eigenvalue weighted by Crippen LogP contribution is 2.21. The average molecular weight is 325 g/mol. The molecule has 0 radical (unpaired) electrons. The maximum absolute atomic E-state index is 11.1. The molecule has 1 heterocycles. The molecule has 1 aromatic carbocycles. The van der Waals surface area contributed by atoms with Crippen molar-refractivity contribution in [3.8, 4) is 0 Å². The fourth-order valence-corrected chi connectivity index (χ4v) is 3.26. The van der Waals surface area contributed by atoms with Crippen molar-refractivity contribution >= 4 is 21.8 Å². The van der Waals surface area contributed by atoms with Crippen molar-refractivity contribution in [2.24, 2.45) is 0 Å². The van der Waals surface area contributed by atoms with Gasteiger partial charge in [0.2, 0.25) is 5.91 Å². The lowest BCUT2D eigenvalue weighted by molar-refractivity contribution is -0.119. The molecule has 4 heteroatoms. The fourth-order valence-electron chi connectivity index (χ4n) is 2.68. The van der Waals surface area contributed by atoms with Gasteiger partial charge in [-0.3, -0.25) is 4.79 Å². The molecule has 0 saturated carbocycles. The Hall–Kier alpha value is -0.870. The number of rotatable bonds is 5. The summed E-state index contributed by atoms with van der Waals surface area (Å²) < 4.78 is 0. The van der Waals surface area contributed by atoms with Crippen LogP contribution in [0, 0.1) is 0 Å². The Balaban J connectivity index is 1.88. The number of nitrogens with one attached hydrogen (secondary N) is 1. The minimum atomic E-state index is 0.0759. The van der Waals surface area contributed by atoms with Crippen LogP contribution in [0.25, 0.3) is 0 Å². The molecule has 2 unspecified atom stereocenters. The second kappa shape index (κ2) is 7.06. The van der Waals surface area contributed by atoms with E-state index in [0.29, 0.717) is 12.0 Å². The van der Waals surface area contributed by atoms with E-state index in [-0.39, 0.29) is 5.91 Å². The van der Waals surface area contributed by atoms with Crippen molar-refractivity contribution in [2.75, 3.05) is 25.0 Å². The van der Waals surface area contributed by atoms with E-state index in [9.17, 15) is 4.79 Å². The molecular weight excluding hydrogens is 304 g/mol. The van der Waals surface area contributed by atoms with Gasteiger partial charge in [-0.05, 0) is 12.0 Å². The molecule has 0 bridgehead atoms. The van der Waals surface area contributed by atoms with Crippen molar-refractivity contribution < 1.29 is 4.79 Å². The van der Waals surface area contributed by atoms with Gasteiger partial charge < -0.3 is 10.2 Å². The van der Waals surface area contributed by atoms with Gasteiger partial charge in [0.05, 0.1) is 0 Å². The van der Waals surface area contributed by atoms with Gasteiger partial charge in [0.15, 0.2) is 0 Å². The number of halogens is 1. The summed E-state index contributed by atoms with van der Waals surface area (Å²) in [5.41, 5.74) is 1.38. The summed E-state index contributed by atoms with van der Waals surface area (Å²) in [5, 5.41) is 3.98. The van der Waals surface area contributed by atoms with Crippen LogP contribution in [0.4, 0.5) is 0 Å². The van der Waals surface area contributed by atoms with Crippen LogP contribution < -0.4 is 5.32 Å². The van der Waals surface area contributed by atoms with Gasteiger partial charge in [0.1, 0.15) is 0 Å². The molecule has 1 fully saturated rings. The third-order valence-corrected chi connectivity index (χ3v) is 4.40. The van der Waals surface area contributed by atoms with Gasteiger partial charge in [-0.1, -0.05) is 46.3 Å². The minimum absolute atomic E-state index is 0.0759. The highest BCUT2D eigenvalue weighted by molar-refractivity contribution is 9.09. The molecular formula is C15H21BrN2O. The zero-order chi connectivity index (χ0) is 13.7. The summed E-state index contributed by atoms with van der Waals surface area (Å²) in [5.74, 6) is 0.587. The standard InChI is InChI=1S/C15H21BrN2O/c1-12(19)17-15-7-8-18(11-15)10-14(9-16)13-5-3-2-4-6-13/h2-6,14-15H,7-11H2,1H3,(H,17,19). The largest absolute Gasteiger partial charge is 0.352 e. The lowest BCUT2D eigenvalue weighted by Crippen LogP contribution is -2.36. The number of nitrogens with zero attached hydrogens (tertiary/aromatic N) is 1. The summed E-state index contributed by atoms with van der Waals surface area (Å²) in [6, 6.07) is 10.9. The molecule has 0 aliphatic carbocycles. The second-order valence-corrected chi connectivity index (χ2v) is 5.86. The number of hydrogen-bond donors (Lipinski definition) is 1. The van der Waals surface area contributed by atoms with Gasteiger partial charge in [-0.25, -0.2) is 0 Å². The van der Waals surface area contributed by atoms with Crippen LogP contribution >= 0.6 is 15.9 Å². The van der Waals surface area contributed by atoms with Crippen molar-refractivity contribution in [2.45, 2.75) is 25.3 Å². The highest BCUT2D eigenvalue weighted by atomic mass is 79.9. The molecule has 1 aliphatic heterocycles. The van der Waals surface area contributed by atoms with Gasteiger partial charge in [-0.15, -0.1) is 0 Å². The molecule has 1 amide bonds. The summed E-state index contributed by atoms with van der Waals surface area (Å²) in [6.45, 7) is 4.68. The van der Waals surface area contributed by atoms with Gasteiger partial charge in [0, 0.05) is 43.8 Å². The Bertz CT molecular complexity index is 410. The predicted octanol–water partition coefficient (Wildman–Crippen LogP) is 2.38. The molecule has 1 aliphatic rings. The van der Waals surface area contributed by atoms with Crippen LogP contribution in [-0.2, 0) is 4.79 Å². The SMILES string of the molecule is CC(=O)NC1CCN(CC(CBr)c2ccccc2)C1. The first-order valence-electron chi connectivity index (χ1n) is 6.79. The number of carbonyl (C=O) groups excluding carboxylic acids is 1. The van der Waals surface area contributed by atoms with E-state index in [1.54, 1.807) is 6.92 Å². The van der Waals surface area contributed by atoms with Crippen LogP contribution in [-0.4, -0.2) is 41.8 Å². The van der Waals surface area contributed by atoms with E-state index in [1.807, 2.05) is 0 Å². The first-order valence-corrected chi connectivity index (χ1v) is 7.91. The minimum Gasteiger partial charge on any atom is -0.352 e. The van der Waals surface area contributed by atoms with E-state index >= 15 is 0 Å². The molecule has 1 N–H and O–H groups in total. The van der Waals surface area contributed by atoms with Crippen molar-refractivity contribution in [1.82, 2.24) is 10.2 Å². The molecule has 3 nitrogen and oxygen atoms in total. The van der Waals surface area contributed by atoms with E-state index < -0.39 is 0 Å². The van der Waals surface area contributed by atoms with Crippen LogP contribution in [0.15, 0.2) is 30.3 Å². The molecule has 2 rings (SSSR count). The lowest BCUT2D eigenvalue weighted by atomic mass is 10.0.